The predicted octanol–water partition coefficient (Wildman–Crippen LogP) is 1.93. The number of sulfonamides is 1. The SMILES string of the molecule is CN(C[C@@H]1CCCN1c1cc(-c2cn(C(C3CC3)C3CC3)c(=O)c3c(N)n[nH]c23)nn1C)S(C)(=O)=O. The lowest BCUT2D eigenvalue weighted by Crippen LogP contribution is -2.41. The van der Waals surface area contributed by atoms with Crippen molar-refractivity contribution in [3.8, 4) is 11.3 Å². The number of pyridine rings is 1. The van der Waals surface area contributed by atoms with Gasteiger partial charge in [0.2, 0.25) is 10.0 Å². The predicted molar refractivity (Wildman–Crippen MR) is 139 cm³/mol. The first-order chi connectivity index (χ1) is 17.1. The fraction of sp³-hybridized carbons (Fsp3) is 0.625. The van der Waals surface area contributed by atoms with E-state index in [4.69, 9.17) is 10.8 Å². The van der Waals surface area contributed by atoms with Gasteiger partial charge in [-0.15, -0.1) is 0 Å². The fourth-order valence-electron chi connectivity index (χ4n) is 5.91. The second-order valence-corrected chi connectivity index (χ2v) is 12.9. The van der Waals surface area contributed by atoms with Gasteiger partial charge in [0.25, 0.3) is 5.56 Å². The number of rotatable bonds is 8. The van der Waals surface area contributed by atoms with E-state index in [0.717, 1.165) is 62.1 Å². The Morgan fingerprint density at radius 1 is 1.22 bits per heavy atom. The maximum atomic E-state index is 13.5. The molecule has 3 aromatic heterocycles. The van der Waals surface area contributed by atoms with E-state index in [1.165, 1.54) is 10.6 Å². The molecule has 36 heavy (non-hydrogen) atoms. The number of nitrogen functional groups attached to an aromatic ring is 1. The summed E-state index contributed by atoms with van der Waals surface area (Å²) in [4.78, 5) is 15.8. The molecule has 0 amide bonds. The second kappa shape index (κ2) is 8.34. The zero-order chi connectivity index (χ0) is 25.4. The number of nitrogens with zero attached hydrogens (tertiary/aromatic N) is 6. The van der Waals surface area contributed by atoms with Gasteiger partial charge in [0.1, 0.15) is 11.2 Å². The quantitative estimate of drug-likeness (QED) is 0.469. The lowest BCUT2D eigenvalue weighted by atomic mass is 10.0. The largest absolute Gasteiger partial charge is 0.382 e. The summed E-state index contributed by atoms with van der Waals surface area (Å²) in [6.45, 7) is 1.26. The van der Waals surface area contributed by atoms with Crippen LogP contribution in [0.25, 0.3) is 22.2 Å². The third kappa shape index (κ3) is 4.00. The van der Waals surface area contributed by atoms with E-state index in [-0.39, 0.29) is 23.5 Å². The van der Waals surface area contributed by atoms with Crippen molar-refractivity contribution in [2.75, 3.05) is 37.0 Å². The molecule has 1 aliphatic heterocycles. The second-order valence-electron chi connectivity index (χ2n) is 10.8. The van der Waals surface area contributed by atoms with Gasteiger partial charge in [-0.2, -0.15) is 10.2 Å². The number of nitrogens with two attached hydrogens (primary N) is 1. The highest BCUT2D eigenvalue weighted by Crippen LogP contribution is 2.52. The van der Waals surface area contributed by atoms with E-state index in [1.807, 2.05) is 28.6 Å². The Morgan fingerprint density at radius 2 is 1.92 bits per heavy atom. The van der Waals surface area contributed by atoms with Crippen LogP contribution in [0.3, 0.4) is 0 Å². The van der Waals surface area contributed by atoms with E-state index in [1.54, 1.807) is 7.05 Å². The Morgan fingerprint density at radius 3 is 2.56 bits per heavy atom. The van der Waals surface area contributed by atoms with Crippen LogP contribution in [0.15, 0.2) is 17.1 Å². The molecule has 0 aromatic carbocycles. The number of H-pyrrole nitrogens is 1. The number of aryl methyl sites for hydroxylation is 1. The molecule has 0 spiro atoms. The molecule has 1 atom stereocenters. The molecule has 3 N–H and O–H groups in total. The minimum absolute atomic E-state index is 0.0684. The van der Waals surface area contributed by atoms with Crippen LogP contribution in [-0.4, -0.2) is 69.7 Å². The van der Waals surface area contributed by atoms with E-state index in [9.17, 15) is 13.2 Å². The van der Waals surface area contributed by atoms with Crippen LogP contribution >= 0.6 is 0 Å². The zero-order valence-corrected chi connectivity index (χ0v) is 21.8. The molecule has 0 radical (unpaired) electrons. The molecule has 194 valence electrons. The molecule has 0 unspecified atom stereocenters. The summed E-state index contributed by atoms with van der Waals surface area (Å²) in [5.74, 6) is 2.24. The van der Waals surface area contributed by atoms with E-state index >= 15 is 0 Å². The first kappa shape index (κ1) is 23.5. The Bertz CT molecular complexity index is 1470. The summed E-state index contributed by atoms with van der Waals surface area (Å²) in [7, 11) is 0.269. The minimum atomic E-state index is -3.26. The van der Waals surface area contributed by atoms with Gasteiger partial charge in [0, 0.05) is 57.1 Å². The molecule has 3 aromatic rings. The number of aromatic amines is 1. The number of hydrogen-bond donors (Lipinski definition) is 2. The summed E-state index contributed by atoms with van der Waals surface area (Å²) in [6, 6.07) is 2.30. The molecular formula is C24H34N8O3S. The van der Waals surface area contributed by atoms with Gasteiger partial charge < -0.3 is 15.2 Å². The molecule has 0 bridgehead atoms. The summed E-state index contributed by atoms with van der Waals surface area (Å²) in [5.41, 5.74) is 8.25. The molecular weight excluding hydrogens is 480 g/mol. The van der Waals surface area contributed by atoms with E-state index in [0.29, 0.717) is 29.3 Å². The number of likely N-dealkylation sites (N-methyl/N-ethyl adjacent to an activating group) is 1. The van der Waals surface area contributed by atoms with Crippen LogP contribution in [0.4, 0.5) is 11.6 Å². The molecule has 1 saturated heterocycles. The zero-order valence-electron chi connectivity index (χ0n) is 21.0. The topological polar surface area (TPSA) is 135 Å². The van der Waals surface area contributed by atoms with Crippen LogP contribution in [-0.2, 0) is 17.1 Å². The normalized spacial score (nSPS) is 20.9. The Labute approximate surface area is 210 Å². The average molecular weight is 515 g/mol. The van der Waals surface area contributed by atoms with Gasteiger partial charge in [-0.05, 0) is 50.4 Å². The van der Waals surface area contributed by atoms with Crippen molar-refractivity contribution in [2.45, 2.75) is 50.6 Å². The Balaban J connectivity index is 1.41. The van der Waals surface area contributed by atoms with E-state index in [2.05, 4.69) is 15.1 Å². The van der Waals surface area contributed by atoms with Crippen molar-refractivity contribution in [3.63, 3.8) is 0 Å². The highest BCUT2D eigenvalue weighted by atomic mass is 32.2. The van der Waals surface area contributed by atoms with Gasteiger partial charge in [0.15, 0.2) is 5.82 Å². The molecule has 4 heterocycles. The van der Waals surface area contributed by atoms with Crippen LogP contribution in [0.2, 0.25) is 0 Å². The molecule has 11 nitrogen and oxygen atoms in total. The minimum Gasteiger partial charge on any atom is -0.382 e. The molecule has 3 aliphatic rings. The van der Waals surface area contributed by atoms with Gasteiger partial charge in [-0.3, -0.25) is 14.6 Å². The Kier molecular flexibility index (Phi) is 5.45. The van der Waals surface area contributed by atoms with E-state index < -0.39 is 10.0 Å². The van der Waals surface area contributed by atoms with Crippen molar-refractivity contribution in [2.24, 2.45) is 18.9 Å². The average Bonchev–Trinajstić information content (AvgIpc) is 3.72. The van der Waals surface area contributed by atoms with Gasteiger partial charge in [-0.25, -0.2) is 12.7 Å². The van der Waals surface area contributed by atoms with Crippen LogP contribution < -0.4 is 16.2 Å². The lowest BCUT2D eigenvalue weighted by Gasteiger charge is -2.29. The standard InChI is InChI=1S/C24H34N8O3S/c1-29(36(3,34)35)12-16-5-4-10-31(16)19-11-18(28-30(19)2)17-13-32(22(14-6-7-14)15-8-9-15)24(33)20-21(17)26-27-23(20)25/h11,13-16,22H,4-10,12H2,1-3H3,(H3,25,26,27)/t16-/m0/s1. The number of fused-ring (bicyclic) bond motifs is 1. The summed E-state index contributed by atoms with van der Waals surface area (Å²) in [5, 5.41) is 12.4. The van der Waals surface area contributed by atoms with Crippen molar-refractivity contribution in [1.29, 1.82) is 0 Å². The van der Waals surface area contributed by atoms with Crippen molar-refractivity contribution >= 4 is 32.6 Å². The number of anilines is 2. The summed E-state index contributed by atoms with van der Waals surface area (Å²) < 4.78 is 29.2. The van der Waals surface area contributed by atoms with Crippen molar-refractivity contribution in [1.82, 2.24) is 28.9 Å². The van der Waals surface area contributed by atoms with Gasteiger partial charge in [0.05, 0.1) is 17.5 Å². The Hall–Kier alpha value is -2.86. The summed E-state index contributed by atoms with van der Waals surface area (Å²) in [6.07, 6.45) is 9.73. The number of aromatic nitrogens is 5. The summed E-state index contributed by atoms with van der Waals surface area (Å²) >= 11 is 0. The molecule has 3 fully saturated rings. The monoisotopic (exact) mass is 514 g/mol. The van der Waals surface area contributed by atoms with Crippen LogP contribution in [0.1, 0.15) is 44.6 Å². The van der Waals surface area contributed by atoms with Crippen LogP contribution in [0, 0.1) is 11.8 Å². The maximum Gasteiger partial charge on any atom is 0.264 e. The highest BCUT2D eigenvalue weighted by Gasteiger charge is 2.43. The van der Waals surface area contributed by atoms with Crippen LogP contribution in [0.5, 0.6) is 0 Å². The number of nitrogens with one attached hydrogen (secondary N) is 1. The molecule has 2 aliphatic carbocycles. The molecule has 2 saturated carbocycles. The maximum absolute atomic E-state index is 13.5. The third-order valence-corrected chi connectivity index (χ3v) is 9.43. The smallest absolute Gasteiger partial charge is 0.264 e. The first-order valence-electron chi connectivity index (χ1n) is 12.7. The van der Waals surface area contributed by atoms with Crippen molar-refractivity contribution in [3.05, 3.63) is 22.6 Å². The van der Waals surface area contributed by atoms with Gasteiger partial charge in [-0.1, -0.05) is 0 Å². The third-order valence-electron chi connectivity index (χ3n) is 8.15. The lowest BCUT2D eigenvalue weighted by molar-refractivity contribution is 0.386. The fourth-order valence-corrected chi connectivity index (χ4v) is 6.35. The number of hydrogen-bond acceptors (Lipinski definition) is 7. The van der Waals surface area contributed by atoms with Gasteiger partial charge >= 0.3 is 0 Å². The molecule has 6 rings (SSSR count). The van der Waals surface area contributed by atoms with Crippen molar-refractivity contribution < 1.29 is 8.42 Å². The molecule has 12 heteroatoms. The highest BCUT2D eigenvalue weighted by molar-refractivity contribution is 7.88. The first-order valence-corrected chi connectivity index (χ1v) is 14.6.